The van der Waals surface area contributed by atoms with E-state index in [0.717, 1.165) is 49.6 Å². The third-order valence-electron chi connectivity index (χ3n) is 7.09. The van der Waals surface area contributed by atoms with Gasteiger partial charge in [-0.25, -0.2) is 4.79 Å². The van der Waals surface area contributed by atoms with Gasteiger partial charge in [-0.3, -0.25) is 9.59 Å². The smallest absolute Gasteiger partial charge is 0.333 e. The first-order valence-corrected chi connectivity index (χ1v) is 14.4. The molecule has 1 aliphatic rings. The summed E-state index contributed by atoms with van der Waals surface area (Å²) in [7, 11) is 1.80. The number of aldehydes is 1. The number of benzene rings is 2. The number of amides is 1. The first kappa shape index (κ1) is 32.0. The van der Waals surface area contributed by atoms with E-state index in [1.807, 2.05) is 45.9 Å². The van der Waals surface area contributed by atoms with Gasteiger partial charge in [0.2, 0.25) is 0 Å². The fourth-order valence-corrected chi connectivity index (χ4v) is 5.31. The summed E-state index contributed by atoms with van der Waals surface area (Å²) in [6.45, 7) is 15.5. The average molecular weight is 538 g/mol. The lowest BCUT2D eigenvalue weighted by molar-refractivity contribution is -0.138. The van der Waals surface area contributed by atoms with E-state index in [1.165, 1.54) is 6.42 Å². The van der Waals surface area contributed by atoms with Crippen LogP contribution in [0.3, 0.4) is 0 Å². The van der Waals surface area contributed by atoms with E-state index in [9.17, 15) is 14.4 Å². The number of hydrogen-bond acceptors (Lipinski definition) is 6. The number of ether oxygens (including phenoxy) is 1. The third-order valence-corrected chi connectivity index (χ3v) is 7.09. The zero-order chi connectivity index (χ0) is 28.9. The van der Waals surface area contributed by atoms with Crippen molar-refractivity contribution in [3.05, 3.63) is 53.6 Å². The van der Waals surface area contributed by atoms with Gasteiger partial charge in [0.25, 0.3) is 5.91 Å². The van der Waals surface area contributed by atoms with Crippen LogP contribution < -0.4 is 10.2 Å². The van der Waals surface area contributed by atoms with Crippen LogP contribution in [0, 0.1) is 0 Å². The summed E-state index contributed by atoms with van der Waals surface area (Å²) in [5.74, 6) is -0.511. The minimum absolute atomic E-state index is 0.116. The predicted octanol–water partition coefficient (Wildman–Crippen LogP) is 6.01. The molecular formula is C32H47N3O4. The fourth-order valence-electron chi connectivity index (χ4n) is 5.31. The highest BCUT2D eigenvalue weighted by atomic mass is 16.5. The molecule has 2 aromatic rings. The minimum atomic E-state index is -0.396. The van der Waals surface area contributed by atoms with E-state index in [4.69, 9.17) is 4.74 Å². The lowest BCUT2D eigenvalue weighted by Crippen LogP contribution is -2.40. The van der Waals surface area contributed by atoms with Gasteiger partial charge >= 0.3 is 5.97 Å². The van der Waals surface area contributed by atoms with Crippen molar-refractivity contribution in [1.29, 1.82) is 0 Å². The highest BCUT2D eigenvalue weighted by molar-refractivity contribution is 6.15. The van der Waals surface area contributed by atoms with Crippen molar-refractivity contribution in [3.63, 3.8) is 0 Å². The number of fused-ring (bicyclic) bond motifs is 1. The Morgan fingerprint density at radius 2 is 1.85 bits per heavy atom. The molecule has 1 amide bonds. The van der Waals surface area contributed by atoms with Gasteiger partial charge in [-0.1, -0.05) is 58.7 Å². The van der Waals surface area contributed by atoms with Crippen LogP contribution in [-0.2, 0) is 9.53 Å². The maximum absolute atomic E-state index is 13.6. The molecule has 1 saturated carbocycles. The Labute approximate surface area is 234 Å². The molecule has 1 aliphatic carbocycles. The van der Waals surface area contributed by atoms with Crippen molar-refractivity contribution in [2.75, 3.05) is 38.2 Å². The zero-order valence-electron chi connectivity index (χ0n) is 24.7. The quantitative estimate of drug-likeness (QED) is 0.203. The molecule has 3 rings (SSSR count). The zero-order valence-corrected chi connectivity index (χ0v) is 24.7. The summed E-state index contributed by atoms with van der Waals surface area (Å²) in [6, 6.07) is 9.88. The molecule has 0 saturated heterocycles. The number of likely N-dealkylation sites (N-methyl/N-ethyl adjacent to an activating group) is 2. The Bertz CT molecular complexity index is 1120. The molecule has 1 N–H and O–H groups in total. The van der Waals surface area contributed by atoms with E-state index >= 15 is 0 Å². The number of anilines is 1. The topological polar surface area (TPSA) is 79.0 Å². The van der Waals surface area contributed by atoms with Crippen molar-refractivity contribution >= 4 is 34.6 Å². The average Bonchev–Trinajstić information content (AvgIpc) is 2.95. The normalized spacial score (nSPS) is 14.1. The van der Waals surface area contributed by atoms with Crippen LogP contribution in [0.25, 0.3) is 10.8 Å². The Morgan fingerprint density at radius 1 is 1.15 bits per heavy atom. The number of rotatable bonds is 12. The lowest BCUT2D eigenvalue weighted by Gasteiger charge is -2.37. The Morgan fingerprint density at radius 3 is 2.46 bits per heavy atom. The number of hydrogen-bond donors (Lipinski definition) is 1. The molecule has 1 unspecified atom stereocenters. The Hall–Kier alpha value is -3.19. The molecule has 7 nitrogen and oxygen atoms in total. The number of carbonyl (C=O) groups is 3. The highest BCUT2D eigenvalue weighted by Gasteiger charge is 2.26. The van der Waals surface area contributed by atoms with Crippen molar-refractivity contribution in [3.8, 4) is 0 Å². The fraction of sp³-hybridized carbons (Fsp3) is 0.531. The van der Waals surface area contributed by atoms with Crippen LogP contribution in [-0.4, -0.2) is 68.4 Å². The van der Waals surface area contributed by atoms with Gasteiger partial charge in [0, 0.05) is 58.8 Å². The van der Waals surface area contributed by atoms with Crippen LogP contribution >= 0.6 is 0 Å². The monoisotopic (exact) mass is 537 g/mol. The van der Waals surface area contributed by atoms with Crippen LogP contribution in [0.1, 0.15) is 87.4 Å². The summed E-state index contributed by atoms with van der Waals surface area (Å²) in [5, 5.41) is 4.87. The van der Waals surface area contributed by atoms with Crippen LogP contribution in [0.15, 0.2) is 42.5 Å². The second kappa shape index (κ2) is 16.0. The summed E-state index contributed by atoms with van der Waals surface area (Å²) in [6.07, 6.45) is 6.44. The van der Waals surface area contributed by atoms with Crippen molar-refractivity contribution < 1.29 is 19.1 Å². The SMILES string of the molecule is C=C(C)C(=O)OCCN(c1ccc(C=O)c2c(C(=O)N(C)CC(C)NCC)cccc12)C1CCCCC1.CC. The largest absolute Gasteiger partial charge is 0.460 e. The van der Waals surface area contributed by atoms with Gasteiger partial charge in [-0.15, -0.1) is 0 Å². The Balaban J connectivity index is 0.00000260. The van der Waals surface area contributed by atoms with Gasteiger partial charge in [0.1, 0.15) is 6.61 Å². The van der Waals surface area contributed by atoms with E-state index in [-0.39, 0.29) is 18.6 Å². The van der Waals surface area contributed by atoms with Crippen molar-refractivity contribution in [1.82, 2.24) is 10.2 Å². The van der Waals surface area contributed by atoms with Crippen molar-refractivity contribution in [2.45, 2.75) is 78.8 Å². The van der Waals surface area contributed by atoms with Crippen molar-refractivity contribution in [2.24, 2.45) is 0 Å². The molecule has 1 fully saturated rings. The van der Waals surface area contributed by atoms with E-state index in [1.54, 1.807) is 31.0 Å². The van der Waals surface area contributed by atoms with E-state index in [0.29, 0.717) is 41.2 Å². The molecule has 2 aromatic carbocycles. The standard InChI is InChI=1S/C30H41N3O4.C2H6/c1-6-31-22(4)19-32(5)29(35)26-14-10-13-25-27(16-15-23(20-34)28(25)26)33(24-11-8-7-9-12-24)17-18-37-30(36)21(2)3;1-2/h10,13-16,20,22,24,31H,2,6-9,11-12,17-19H2,1,3-5H3;1-2H3. The summed E-state index contributed by atoms with van der Waals surface area (Å²) >= 11 is 0. The molecule has 214 valence electrons. The van der Waals surface area contributed by atoms with Gasteiger partial charge in [-0.2, -0.15) is 0 Å². The summed E-state index contributed by atoms with van der Waals surface area (Å²) in [5.41, 5.74) is 2.34. The van der Waals surface area contributed by atoms with Gasteiger partial charge < -0.3 is 19.9 Å². The van der Waals surface area contributed by atoms with E-state index < -0.39 is 5.97 Å². The van der Waals surface area contributed by atoms with Crippen LogP contribution in [0.4, 0.5) is 5.69 Å². The maximum atomic E-state index is 13.6. The molecule has 0 radical (unpaired) electrons. The molecule has 0 bridgehead atoms. The summed E-state index contributed by atoms with van der Waals surface area (Å²) in [4.78, 5) is 41.7. The molecule has 0 heterocycles. The summed E-state index contributed by atoms with van der Waals surface area (Å²) < 4.78 is 5.45. The molecule has 1 atom stereocenters. The molecule has 0 aliphatic heterocycles. The lowest BCUT2D eigenvalue weighted by atomic mass is 9.92. The number of nitrogens with zero attached hydrogens (tertiary/aromatic N) is 2. The second-order valence-corrected chi connectivity index (χ2v) is 10.1. The molecule has 0 aromatic heterocycles. The first-order valence-electron chi connectivity index (χ1n) is 14.4. The number of nitrogens with one attached hydrogen (secondary N) is 1. The van der Waals surface area contributed by atoms with Crippen LogP contribution in [0.5, 0.6) is 0 Å². The Kier molecular flexibility index (Phi) is 13.2. The predicted molar refractivity (Wildman–Crippen MR) is 161 cm³/mol. The maximum Gasteiger partial charge on any atom is 0.333 e. The van der Waals surface area contributed by atoms with Gasteiger partial charge in [-0.05, 0) is 51.4 Å². The van der Waals surface area contributed by atoms with E-state index in [2.05, 4.69) is 16.8 Å². The third kappa shape index (κ3) is 8.40. The van der Waals surface area contributed by atoms with Gasteiger partial charge in [0.15, 0.2) is 6.29 Å². The second-order valence-electron chi connectivity index (χ2n) is 10.1. The highest BCUT2D eigenvalue weighted by Crippen LogP contribution is 2.35. The minimum Gasteiger partial charge on any atom is -0.460 e. The van der Waals surface area contributed by atoms with Crippen LogP contribution in [0.2, 0.25) is 0 Å². The number of carbonyl (C=O) groups excluding carboxylic acids is 3. The number of esters is 1. The molecule has 39 heavy (non-hydrogen) atoms. The molecular weight excluding hydrogens is 490 g/mol. The molecule has 7 heteroatoms. The first-order chi connectivity index (χ1) is 18.8. The van der Waals surface area contributed by atoms with Gasteiger partial charge in [0.05, 0.1) is 6.54 Å². The molecule has 0 spiro atoms.